The van der Waals surface area contributed by atoms with Gasteiger partial charge in [0.05, 0.1) is 0 Å². The Morgan fingerprint density at radius 3 is 1.48 bits per heavy atom. The van der Waals surface area contributed by atoms with E-state index >= 15 is 0 Å². The van der Waals surface area contributed by atoms with Gasteiger partial charge in [0, 0.05) is 0 Å². The first-order valence-corrected chi connectivity index (χ1v) is 9.93. The van der Waals surface area contributed by atoms with Gasteiger partial charge in [-0.2, -0.15) is 0 Å². The molecule has 0 saturated heterocycles. The predicted molar refractivity (Wildman–Crippen MR) is 85.7 cm³/mol. The van der Waals surface area contributed by atoms with Gasteiger partial charge in [0.2, 0.25) is 0 Å². The number of hydrogen-bond donors (Lipinski definition) is 0. The number of hydrogen-bond acceptors (Lipinski definition) is 0. The molecule has 0 fully saturated rings. The standard InChI is InChI=1S/2C10H9.2FH.Zr/c2*1-8-6-7-9-4-2-3-5-10(8)9;;;/h2*2-7H,1H3;2*1H;/q;;;;+2/p-2. The van der Waals surface area contributed by atoms with E-state index < -0.39 is 23.2 Å². The fourth-order valence-corrected chi connectivity index (χ4v) is 8.93. The number of benzene rings is 2. The molecule has 0 nitrogen and oxygen atoms in total. The van der Waals surface area contributed by atoms with Crippen molar-refractivity contribution >= 4 is 12.2 Å². The number of rotatable bonds is 2. The van der Waals surface area contributed by atoms with Crippen LogP contribution in [0.5, 0.6) is 0 Å². The second kappa shape index (κ2) is 6.28. The van der Waals surface area contributed by atoms with E-state index in [1.165, 1.54) is 22.3 Å². The fraction of sp³-hybridized carbons (Fsp3) is 0.200. The summed E-state index contributed by atoms with van der Waals surface area (Å²) in [5.74, 6) is 0. The van der Waals surface area contributed by atoms with Gasteiger partial charge in [0.15, 0.2) is 0 Å². The van der Waals surface area contributed by atoms with Crippen LogP contribution in [0.3, 0.4) is 0 Å². The van der Waals surface area contributed by atoms with Gasteiger partial charge in [-0.25, -0.2) is 0 Å². The maximum absolute atomic E-state index is 2.46. The van der Waals surface area contributed by atoms with E-state index in [9.17, 15) is 0 Å². The molecule has 0 aliphatic heterocycles. The van der Waals surface area contributed by atoms with E-state index in [0.29, 0.717) is 0 Å². The van der Waals surface area contributed by atoms with Crippen LogP contribution in [0.2, 0.25) is 0 Å². The molecule has 116 valence electrons. The van der Waals surface area contributed by atoms with Crippen molar-refractivity contribution in [1.29, 1.82) is 0 Å². The molecule has 0 radical (unpaired) electrons. The van der Waals surface area contributed by atoms with Gasteiger partial charge in [0.1, 0.15) is 0 Å². The molecule has 4 rings (SSSR count). The second-order valence-corrected chi connectivity index (χ2v) is 12.1. The van der Waals surface area contributed by atoms with Crippen LogP contribution in [0.15, 0.2) is 60.7 Å². The fourth-order valence-electron chi connectivity index (χ4n) is 3.68. The SMILES string of the molecule is C[C]1([Zr+2][C]2(C)C=Cc3ccccc32)C=Cc2ccccc21.[F-].[F-]. The van der Waals surface area contributed by atoms with Gasteiger partial charge >= 0.3 is 138 Å². The Morgan fingerprint density at radius 1 is 0.652 bits per heavy atom. The molecular formula is C20H18F2Zr. The first-order chi connectivity index (χ1) is 10.1. The molecule has 23 heavy (non-hydrogen) atoms. The van der Waals surface area contributed by atoms with Crippen molar-refractivity contribution in [3.8, 4) is 0 Å². The molecule has 2 aromatic carbocycles. The smallest absolute Gasteiger partial charge is 1.00 e. The zero-order valence-electron chi connectivity index (χ0n) is 13.2. The summed E-state index contributed by atoms with van der Waals surface area (Å²) in [7, 11) is 0. The van der Waals surface area contributed by atoms with E-state index in [1.54, 1.807) is 0 Å². The quantitative estimate of drug-likeness (QED) is 0.618. The topological polar surface area (TPSA) is 0 Å². The molecule has 2 aromatic rings. The van der Waals surface area contributed by atoms with Crippen LogP contribution >= 0.6 is 0 Å². The largest absolute Gasteiger partial charge is 1.00 e. The Morgan fingerprint density at radius 2 is 1.04 bits per heavy atom. The van der Waals surface area contributed by atoms with Gasteiger partial charge in [-0.3, -0.25) is 0 Å². The summed E-state index contributed by atoms with van der Waals surface area (Å²) in [5, 5.41) is 0. The summed E-state index contributed by atoms with van der Waals surface area (Å²) < 4.78 is 0.576. The minimum atomic E-state index is -0.763. The Hall–Kier alpha value is -1.34. The molecule has 2 aliphatic rings. The monoisotopic (exact) mass is 386 g/mol. The Balaban J connectivity index is 0.000000960. The van der Waals surface area contributed by atoms with Crippen molar-refractivity contribution in [2.75, 3.05) is 0 Å². The molecular weight excluding hydrogens is 369 g/mol. The Bertz CT molecular complexity index is 715. The summed E-state index contributed by atoms with van der Waals surface area (Å²) in [6.45, 7) is 4.89. The maximum Gasteiger partial charge on any atom is -1.00 e. The normalized spacial score (nSPS) is 25.8. The molecule has 3 heteroatoms. The van der Waals surface area contributed by atoms with Gasteiger partial charge < -0.3 is 9.41 Å². The molecule has 0 heterocycles. The van der Waals surface area contributed by atoms with Crippen molar-refractivity contribution in [2.24, 2.45) is 0 Å². The van der Waals surface area contributed by atoms with E-state index in [-0.39, 0.29) is 15.7 Å². The van der Waals surface area contributed by atoms with Crippen LogP contribution < -0.4 is 9.41 Å². The molecule has 2 aliphatic carbocycles. The average molecular weight is 388 g/mol. The third-order valence-corrected chi connectivity index (χ3v) is 9.45. The average Bonchev–Trinajstić information content (AvgIpc) is 3.00. The molecule has 0 saturated carbocycles. The molecule has 2 unspecified atom stereocenters. The van der Waals surface area contributed by atoms with E-state index in [0.717, 1.165) is 0 Å². The molecule has 0 bridgehead atoms. The van der Waals surface area contributed by atoms with Crippen molar-refractivity contribution in [3.05, 3.63) is 82.9 Å². The third kappa shape index (κ3) is 2.80. The predicted octanol–water partition coefficient (Wildman–Crippen LogP) is -1.04. The maximum atomic E-state index is 2.46. The summed E-state index contributed by atoms with van der Waals surface area (Å²) in [6, 6.07) is 17.8. The number of fused-ring (bicyclic) bond motifs is 2. The molecule has 0 N–H and O–H groups in total. The molecule has 0 amide bonds. The third-order valence-electron chi connectivity index (χ3n) is 4.75. The molecule has 0 aromatic heterocycles. The van der Waals surface area contributed by atoms with Crippen molar-refractivity contribution in [1.82, 2.24) is 0 Å². The Kier molecular flexibility index (Phi) is 4.92. The minimum Gasteiger partial charge on any atom is -1.00 e. The molecule has 2 atom stereocenters. The molecule has 0 spiro atoms. The first kappa shape index (κ1) is 18.0. The zero-order chi connectivity index (χ0) is 14.5. The number of allylic oxidation sites excluding steroid dienone is 2. The zero-order valence-corrected chi connectivity index (χ0v) is 15.6. The minimum absolute atomic E-state index is 0. The van der Waals surface area contributed by atoms with Crippen LogP contribution in [0.4, 0.5) is 0 Å². The van der Waals surface area contributed by atoms with Crippen molar-refractivity contribution in [2.45, 2.75) is 20.1 Å². The van der Waals surface area contributed by atoms with Crippen LogP contribution in [0.25, 0.3) is 12.2 Å². The summed E-state index contributed by atoms with van der Waals surface area (Å²) in [5.41, 5.74) is 5.91. The summed E-state index contributed by atoms with van der Waals surface area (Å²) in [6.07, 6.45) is 9.57. The van der Waals surface area contributed by atoms with Gasteiger partial charge in [-0.05, 0) is 0 Å². The van der Waals surface area contributed by atoms with Crippen LogP contribution in [0.1, 0.15) is 36.1 Å². The van der Waals surface area contributed by atoms with E-state index in [2.05, 4.69) is 86.7 Å². The van der Waals surface area contributed by atoms with Crippen molar-refractivity contribution < 1.29 is 32.6 Å². The first-order valence-electron chi connectivity index (χ1n) is 7.48. The van der Waals surface area contributed by atoms with Gasteiger partial charge in [0.25, 0.3) is 0 Å². The Labute approximate surface area is 147 Å². The van der Waals surface area contributed by atoms with Crippen LogP contribution in [-0.4, -0.2) is 0 Å². The summed E-state index contributed by atoms with van der Waals surface area (Å²) >= 11 is -0.763. The van der Waals surface area contributed by atoms with Crippen molar-refractivity contribution in [3.63, 3.8) is 0 Å². The number of halogens is 2. The van der Waals surface area contributed by atoms with E-state index in [4.69, 9.17) is 0 Å². The van der Waals surface area contributed by atoms with Crippen LogP contribution in [0, 0.1) is 0 Å². The second-order valence-electron chi connectivity index (χ2n) is 6.37. The van der Waals surface area contributed by atoms with E-state index in [1.807, 2.05) is 0 Å². The van der Waals surface area contributed by atoms with Gasteiger partial charge in [-0.15, -0.1) is 0 Å². The summed E-state index contributed by atoms with van der Waals surface area (Å²) in [4.78, 5) is 0. The van der Waals surface area contributed by atoms with Gasteiger partial charge in [-0.1, -0.05) is 0 Å². The van der Waals surface area contributed by atoms with Crippen LogP contribution in [-0.2, 0) is 29.5 Å².